The van der Waals surface area contributed by atoms with Gasteiger partial charge < -0.3 is 10.6 Å². The molecule has 124 valence electrons. The summed E-state index contributed by atoms with van der Waals surface area (Å²) in [5.41, 5.74) is 3.30. The lowest BCUT2D eigenvalue weighted by Gasteiger charge is -2.33. The number of aryl methyl sites for hydroxylation is 2. The summed E-state index contributed by atoms with van der Waals surface area (Å²) in [5.74, 6) is -0.187. The first kappa shape index (κ1) is 16.2. The first-order valence-corrected chi connectivity index (χ1v) is 8.13. The summed E-state index contributed by atoms with van der Waals surface area (Å²) in [6.45, 7) is 3.83. The smallest absolute Gasteiger partial charge is 0.270 e. The summed E-state index contributed by atoms with van der Waals surface area (Å²) in [5, 5.41) is 6.04. The lowest BCUT2D eigenvalue weighted by atomic mass is 9.91. The molecule has 2 amide bonds. The zero-order valence-corrected chi connectivity index (χ0v) is 13.9. The molecule has 2 heterocycles. The topological polar surface area (TPSA) is 71.1 Å². The fourth-order valence-corrected chi connectivity index (χ4v) is 3.12. The van der Waals surface area contributed by atoms with E-state index in [0.717, 1.165) is 16.7 Å². The number of carbonyl (C=O) groups is 2. The van der Waals surface area contributed by atoms with Crippen LogP contribution in [0.1, 0.15) is 46.1 Å². The maximum absolute atomic E-state index is 12.6. The van der Waals surface area contributed by atoms with E-state index in [-0.39, 0.29) is 23.9 Å². The second-order valence-electron chi connectivity index (χ2n) is 6.25. The summed E-state index contributed by atoms with van der Waals surface area (Å²) in [7, 11) is 0. The van der Waals surface area contributed by atoms with E-state index in [4.69, 9.17) is 0 Å². The average molecular weight is 323 g/mol. The van der Waals surface area contributed by atoms with Gasteiger partial charge in [-0.25, -0.2) is 0 Å². The molecule has 0 radical (unpaired) electrons. The highest BCUT2D eigenvalue weighted by Gasteiger charge is 2.31. The minimum Gasteiger partial charge on any atom is -0.347 e. The van der Waals surface area contributed by atoms with Gasteiger partial charge in [0.25, 0.3) is 5.91 Å². The highest BCUT2D eigenvalue weighted by atomic mass is 16.2. The van der Waals surface area contributed by atoms with Crippen molar-refractivity contribution < 1.29 is 9.59 Å². The highest BCUT2D eigenvalue weighted by Crippen LogP contribution is 2.24. The predicted octanol–water partition coefficient (Wildman–Crippen LogP) is 2.45. The number of piperidine rings is 1. The maximum atomic E-state index is 12.6. The van der Waals surface area contributed by atoms with Crippen LogP contribution in [0, 0.1) is 13.8 Å². The summed E-state index contributed by atoms with van der Waals surface area (Å²) in [4.78, 5) is 28.7. The third-order valence-electron chi connectivity index (χ3n) is 4.31. The molecule has 0 spiro atoms. The fourth-order valence-electron chi connectivity index (χ4n) is 3.12. The summed E-state index contributed by atoms with van der Waals surface area (Å²) < 4.78 is 0. The van der Waals surface area contributed by atoms with Crippen LogP contribution in [0.5, 0.6) is 0 Å². The Bertz CT molecular complexity index is 758. The molecular weight excluding hydrogens is 302 g/mol. The molecule has 3 rings (SSSR count). The van der Waals surface area contributed by atoms with Crippen molar-refractivity contribution >= 4 is 11.8 Å². The van der Waals surface area contributed by atoms with Crippen LogP contribution < -0.4 is 10.6 Å². The molecule has 2 N–H and O–H groups in total. The van der Waals surface area contributed by atoms with Gasteiger partial charge in [-0.3, -0.25) is 14.6 Å². The van der Waals surface area contributed by atoms with Crippen LogP contribution in [-0.2, 0) is 4.79 Å². The van der Waals surface area contributed by atoms with Crippen molar-refractivity contribution in [2.24, 2.45) is 0 Å². The number of rotatable bonds is 3. The second-order valence-corrected chi connectivity index (χ2v) is 6.25. The molecule has 0 saturated carbocycles. The van der Waals surface area contributed by atoms with Crippen LogP contribution in [0.25, 0.3) is 0 Å². The molecule has 1 aliphatic heterocycles. The second kappa shape index (κ2) is 6.83. The van der Waals surface area contributed by atoms with E-state index in [0.29, 0.717) is 18.5 Å². The standard InChI is InChI=1S/C19H21N3O2/c1-12-10-13(2)17(20-11-12)19(24)21-15-8-9-16(23)22-18(15)14-6-4-3-5-7-14/h3-7,10-11,15,18H,8-9H2,1-2H3,(H,21,24)(H,22,23)/t15-,18+/m1/s1. The minimum absolute atomic E-state index is 0.0130. The predicted molar refractivity (Wildman–Crippen MR) is 91.5 cm³/mol. The van der Waals surface area contributed by atoms with E-state index >= 15 is 0 Å². The van der Waals surface area contributed by atoms with Crippen molar-refractivity contribution in [2.75, 3.05) is 0 Å². The van der Waals surface area contributed by atoms with Gasteiger partial charge in [0.15, 0.2) is 0 Å². The molecule has 24 heavy (non-hydrogen) atoms. The van der Waals surface area contributed by atoms with E-state index in [1.165, 1.54) is 0 Å². The summed E-state index contributed by atoms with van der Waals surface area (Å²) in [6, 6.07) is 11.3. The Hall–Kier alpha value is -2.69. The van der Waals surface area contributed by atoms with E-state index in [1.807, 2.05) is 50.2 Å². The van der Waals surface area contributed by atoms with Crippen LogP contribution in [0.2, 0.25) is 0 Å². The number of pyridine rings is 1. The lowest BCUT2D eigenvalue weighted by molar-refractivity contribution is -0.123. The van der Waals surface area contributed by atoms with Crippen molar-refractivity contribution in [3.63, 3.8) is 0 Å². The van der Waals surface area contributed by atoms with E-state index in [9.17, 15) is 9.59 Å². The first-order valence-electron chi connectivity index (χ1n) is 8.13. The molecule has 5 nitrogen and oxygen atoms in total. The number of benzene rings is 1. The van der Waals surface area contributed by atoms with Crippen LogP contribution in [0.15, 0.2) is 42.6 Å². The molecule has 1 aliphatic rings. The molecule has 5 heteroatoms. The van der Waals surface area contributed by atoms with Gasteiger partial charge in [0.05, 0.1) is 12.1 Å². The number of hydrogen-bond donors (Lipinski definition) is 2. The highest BCUT2D eigenvalue weighted by molar-refractivity contribution is 5.94. The van der Waals surface area contributed by atoms with Gasteiger partial charge >= 0.3 is 0 Å². The van der Waals surface area contributed by atoms with Gasteiger partial charge in [0.1, 0.15) is 5.69 Å². The zero-order chi connectivity index (χ0) is 17.1. The Kier molecular flexibility index (Phi) is 4.60. The number of nitrogens with zero attached hydrogens (tertiary/aromatic N) is 1. The third kappa shape index (κ3) is 3.45. The molecule has 1 fully saturated rings. The van der Waals surface area contributed by atoms with Crippen molar-refractivity contribution in [3.05, 3.63) is 65.0 Å². The molecule has 2 atom stereocenters. The van der Waals surface area contributed by atoms with Gasteiger partial charge in [-0.15, -0.1) is 0 Å². The van der Waals surface area contributed by atoms with Gasteiger partial charge in [-0.2, -0.15) is 0 Å². The van der Waals surface area contributed by atoms with Crippen molar-refractivity contribution in [2.45, 2.75) is 38.8 Å². The number of aromatic nitrogens is 1. The number of hydrogen-bond acceptors (Lipinski definition) is 3. The Morgan fingerprint density at radius 3 is 2.71 bits per heavy atom. The van der Waals surface area contributed by atoms with Crippen molar-refractivity contribution in [1.29, 1.82) is 0 Å². The maximum Gasteiger partial charge on any atom is 0.270 e. The molecule has 1 aromatic carbocycles. The van der Waals surface area contributed by atoms with E-state index < -0.39 is 0 Å². The minimum atomic E-state index is -0.220. The lowest BCUT2D eigenvalue weighted by Crippen LogP contribution is -2.50. The fraction of sp³-hybridized carbons (Fsp3) is 0.316. The van der Waals surface area contributed by atoms with Gasteiger partial charge in [-0.1, -0.05) is 36.4 Å². The third-order valence-corrected chi connectivity index (χ3v) is 4.31. The Morgan fingerprint density at radius 1 is 1.25 bits per heavy atom. The van der Waals surface area contributed by atoms with Crippen molar-refractivity contribution in [3.8, 4) is 0 Å². The van der Waals surface area contributed by atoms with Crippen LogP contribution in [-0.4, -0.2) is 22.8 Å². The van der Waals surface area contributed by atoms with Crippen molar-refractivity contribution in [1.82, 2.24) is 15.6 Å². The van der Waals surface area contributed by atoms with Crippen LogP contribution in [0.3, 0.4) is 0 Å². The SMILES string of the molecule is Cc1cnc(C(=O)N[C@@H]2CCC(=O)N[C@H]2c2ccccc2)c(C)c1. The molecule has 0 bridgehead atoms. The van der Waals surface area contributed by atoms with Gasteiger partial charge in [-0.05, 0) is 37.0 Å². The quantitative estimate of drug-likeness (QED) is 0.911. The number of amides is 2. The van der Waals surface area contributed by atoms with Crippen LogP contribution >= 0.6 is 0 Å². The molecule has 2 aromatic rings. The molecule has 0 aliphatic carbocycles. The Balaban J connectivity index is 1.81. The largest absolute Gasteiger partial charge is 0.347 e. The van der Waals surface area contributed by atoms with E-state index in [1.54, 1.807) is 6.20 Å². The van der Waals surface area contributed by atoms with Gasteiger partial charge in [0, 0.05) is 12.6 Å². The normalized spacial score (nSPS) is 20.3. The van der Waals surface area contributed by atoms with Crippen LogP contribution in [0.4, 0.5) is 0 Å². The Labute approximate surface area is 141 Å². The molecular formula is C19H21N3O2. The first-order chi connectivity index (χ1) is 11.5. The zero-order valence-electron chi connectivity index (χ0n) is 13.9. The Morgan fingerprint density at radius 2 is 2.00 bits per heavy atom. The van der Waals surface area contributed by atoms with Gasteiger partial charge in [0.2, 0.25) is 5.91 Å². The molecule has 1 saturated heterocycles. The monoisotopic (exact) mass is 323 g/mol. The number of nitrogens with one attached hydrogen (secondary N) is 2. The average Bonchev–Trinajstić information content (AvgIpc) is 2.57. The summed E-state index contributed by atoms with van der Waals surface area (Å²) >= 11 is 0. The summed E-state index contributed by atoms with van der Waals surface area (Å²) in [6.07, 6.45) is 2.72. The molecule has 0 unspecified atom stereocenters. The molecule has 1 aromatic heterocycles. The van der Waals surface area contributed by atoms with E-state index in [2.05, 4.69) is 15.6 Å². The number of carbonyl (C=O) groups excluding carboxylic acids is 2.